The van der Waals surface area contributed by atoms with Crippen LogP contribution in [0.25, 0.3) is 10.9 Å². The van der Waals surface area contributed by atoms with Crippen molar-refractivity contribution in [1.29, 1.82) is 0 Å². The number of benzene rings is 2. The number of carbonyl (C=O) groups excluding carboxylic acids is 1. The van der Waals surface area contributed by atoms with Gasteiger partial charge in [-0.25, -0.2) is 9.37 Å². The van der Waals surface area contributed by atoms with Crippen molar-refractivity contribution in [2.45, 2.75) is 45.2 Å². The van der Waals surface area contributed by atoms with Crippen molar-refractivity contribution in [3.63, 3.8) is 0 Å². The molecule has 29 heavy (non-hydrogen) atoms. The number of rotatable bonds is 5. The second kappa shape index (κ2) is 8.55. The van der Waals surface area contributed by atoms with Gasteiger partial charge in [-0.3, -0.25) is 9.59 Å². The molecule has 2 aromatic carbocycles. The molecule has 1 N–H and O–H groups in total. The minimum absolute atomic E-state index is 0.00335. The van der Waals surface area contributed by atoms with E-state index in [0.29, 0.717) is 23.3 Å². The van der Waals surface area contributed by atoms with Crippen LogP contribution >= 0.6 is 0 Å². The number of nitrogens with zero attached hydrogens (tertiary/aromatic N) is 2. The van der Waals surface area contributed by atoms with E-state index in [1.165, 1.54) is 18.6 Å². The van der Waals surface area contributed by atoms with Crippen LogP contribution in [0.5, 0.6) is 0 Å². The molecule has 1 aliphatic rings. The summed E-state index contributed by atoms with van der Waals surface area (Å²) in [5, 5.41) is 0.528. The van der Waals surface area contributed by atoms with Crippen LogP contribution in [0.2, 0.25) is 0 Å². The molecule has 150 valence electrons. The number of para-hydroxylation sites is 1. The smallest absolute Gasteiger partial charge is 0.258 e. The van der Waals surface area contributed by atoms with Gasteiger partial charge in [0.2, 0.25) is 5.91 Å². The predicted octanol–water partition coefficient (Wildman–Crippen LogP) is 4.17. The lowest BCUT2D eigenvalue weighted by Gasteiger charge is -2.29. The van der Waals surface area contributed by atoms with E-state index in [4.69, 9.17) is 0 Å². The summed E-state index contributed by atoms with van der Waals surface area (Å²) < 4.78 is 13.3. The third-order valence-corrected chi connectivity index (χ3v) is 5.56. The molecule has 0 unspecified atom stereocenters. The fourth-order valence-electron chi connectivity index (χ4n) is 4.02. The minimum Gasteiger partial charge on any atom is -0.331 e. The van der Waals surface area contributed by atoms with Crippen LogP contribution in [-0.2, 0) is 17.9 Å². The van der Waals surface area contributed by atoms with Gasteiger partial charge in [0.15, 0.2) is 0 Å². The van der Waals surface area contributed by atoms with Crippen molar-refractivity contribution in [3.8, 4) is 0 Å². The SMILES string of the molecule is O=C(C1CCCCC1)N(Cc1ccc(F)cc1)Cc1nc2ccccc2c(=O)[nH]1. The summed E-state index contributed by atoms with van der Waals surface area (Å²) in [7, 11) is 0. The molecule has 0 spiro atoms. The number of hydrogen-bond donors (Lipinski definition) is 1. The van der Waals surface area contributed by atoms with Gasteiger partial charge in [0.1, 0.15) is 11.6 Å². The lowest BCUT2D eigenvalue weighted by Crippen LogP contribution is -2.37. The molecule has 0 aliphatic heterocycles. The standard InChI is InChI=1S/C23H24FN3O2/c24-18-12-10-16(11-13-18)14-27(23(29)17-6-2-1-3-7-17)15-21-25-20-9-5-4-8-19(20)22(28)26-21/h4-5,8-13,17H,1-3,6-7,14-15H2,(H,25,26,28). The number of aromatic nitrogens is 2. The lowest BCUT2D eigenvalue weighted by atomic mass is 9.88. The second-order valence-electron chi connectivity index (χ2n) is 7.69. The van der Waals surface area contributed by atoms with Gasteiger partial charge in [-0.1, -0.05) is 43.5 Å². The van der Waals surface area contributed by atoms with E-state index in [2.05, 4.69) is 9.97 Å². The number of H-pyrrole nitrogens is 1. The van der Waals surface area contributed by atoms with Crippen LogP contribution in [0, 0.1) is 11.7 Å². The Hall–Kier alpha value is -3.02. The van der Waals surface area contributed by atoms with Crippen LogP contribution in [0.1, 0.15) is 43.5 Å². The van der Waals surface area contributed by atoms with Gasteiger partial charge in [0, 0.05) is 12.5 Å². The fourth-order valence-corrected chi connectivity index (χ4v) is 4.02. The molecule has 1 amide bonds. The predicted molar refractivity (Wildman–Crippen MR) is 110 cm³/mol. The largest absolute Gasteiger partial charge is 0.331 e. The summed E-state index contributed by atoms with van der Waals surface area (Å²) in [6, 6.07) is 13.3. The third kappa shape index (κ3) is 4.53. The maximum Gasteiger partial charge on any atom is 0.258 e. The zero-order valence-corrected chi connectivity index (χ0v) is 16.2. The van der Waals surface area contributed by atoms with Crippen molar-refractivity contribution >= 4 is 16.8 Å². The number of hydrogen-bond acceptors (Lipinski definition) is 3. The molecular weight excluding hydrogens is 369 g/mol. The average molecular weight is 393 g/mol. The summed E-state index contributed by atoms with van der Waals surface area (Å²) in [6.07, 6.45) is 5.07. The van der Waals surface area contributed by atoms with E-state index in [1.807, 2.05) is 6.07 Å². The monoisotopic (exact) mass is 393 g/mol. The molecule has 1 saturated carbocycles. The number of amides is 1. The van der Waals surface area contributed by atoms with Crippen molar-refractivity contribution in [3.05, 3.63) is 76.1 Å². The first-order chi connectivity index (χ1) is 14.1. The van der Waals surface area contributed by atoms with Gasteiger partial charge >= 0.3 is 0 Å². The molecule has 0 saturated heterocycles. The Labute approximate surface area is 168 Å². The van der Waals surface area contributed by atoms with Gasteiger partial charge in [-0.15, -0.1) is 0 Å². The van der Waals surface area contributed by atoms with Gasteiger partial charge in [-0.2, -0.15) is 0 Å². The molecule has 1 aromatic heterocycles. The lowest BCUT2D eigenvalue weighted by molar-refractivity contribution is -0.138. The third-order valence-electron chi connectivity index (χ3n) is 5.56. The Balaban J connectivity index is 1.63. The van der Waals surface area contributed by atoms with E-state index in [-0.39, 0.29) is 29.7 Å². The second-order valence-corrected chi connectivity index (χ2v) is 7.69. The maximum atomic E-state index is 13.3. The number of aromatic amines is 1. The number of fused-ring (bicyclic) bond motifs is 1. The molecule has 0 atom stereocenters. The minimum atomic E-state index is -0.306. The highest BCUT2D eigenvalue weighted by Crippen LogP contribution is 2.26. The highest BCUT2D eigenvalue weighted by atomic mass is 19.1. The first kappa shape index (κ1) is 19.3. The van der Waals surface area contributed by atoms with Crippen LogP contribution in [0.15, 0.2) is 53.3 Å². The molecule has 1 aliphatic carbocycles. The van der Waals surface area contributed by atoms with Gasteiger partial charge in [0.05, 0.1) is 17.4 Å². The number of carbonyl (C=O) groups is 1. The summed E-state index contributed by atoms with van der Waals surface area (Å²) in [5.41, 5.74) is 1.24. The first-order valence-corrected chi connectivity index (χ1v) is 10.1. The van der Waals surface area contributed by atoms with Gasteiger partial charge in [0.25, 0.3) is 5.56 Å². The summed E-state index contributed by atoms with van der Waals surface area (Å²) in [5.74, 6) is 0.223. The van der Waals surface area contributed by atoms with Crippen molar-refractivity contribution in [1.82, 2.24) is 14.9 Å². The topological polar surface area (TPSA) is 66.1 Å². The fraction of sp³-hybridized carbons (Fsp3) is 0.348. The molecule has 1 fully saturated rings. The summed E-state index contributed by atoms with van der Waals surface area (Å²) in [6.45, 7) is 0.568. The Kier molecular flexibility index (Phi) is 5.69. The van der Waals surface area contributed by atoms with E-state index in [1.54, 1.807) is 35.2 Å². The Morgan fingerprint density at radius 2 is 1.76 bits per heavy atom. The van der Waals surface area contributed by atoms with Crippen LogP contribution in [0.3, 0.4) is 0 Å². The number of nitrogens with one attached hydrogen (secondary N) is 1. The Morgan fingerprint density at radius 3 is 2.52 bits per heavy atom. The zero-order valence-electron chi connectivity index (χ0n) is 16.2. The first-order valence-electron chi connectivity index (χ1n) is 10.1. The molecule has 5 nitrogen and oxygen atoms in total. The van der Waals surface area contributed by atoms with E-state index >= 15 is 0 Å². The highest BCUT2D eigenvalue weighted by molar-refractivity contribution is 5.79. The van der Waals surface area contributed by atoms with E-state index < -0.39 is 0 Å². The highest BCUT2D eigenvalue weighted by Gasteiger charge is 2.26. The summed E-state index contributed by atoms with van der Waals surface area (Å²) in [4.78, 5) is 34.8. The van der Waals surface area contributed by atoms with Crippen molar-refractivity contribution in [2.24, 2.45) is 5.92 Å². The molecule has 3 aromatic rings. The van der Waals surface area contributed by atoms with Crippen molar-refractivity contribution in [2.75, 3.05) is 0 Å². The van der Waals surface area contributed by atoms with Crippen LogP contribution in [-0.4, -0.2) is 20.8 Å². The molecule has 0 bridgehead atoms. The van der Waals surface area contributed by atoms with Crippen molar-refractivity contribution < 1.29 is 9.18 Å². The molecule has 4 rings (SSSR count). The Morgan fingerprint density at radius 1 is 1.03 bits per heavy atom. The molecular formula is C23H24FN3O2. The summed E-state index contributed by atoms with van der Waals surface area (Å²) >= 11 is 0. The number of halogens is 1. The van der Waals surface area contributed by atoms with E-state index in [0.717, 1.165) is 31.2 Å². The average Bonchev–Trinajstić information content (AvgIpc) is 2.75. The molecule has 6 heteroatoms. The van der Waals surface area contributed by atoms with Crippen LogP contribution in [0.4, 0.5) is 4.39 Å². The molecule has 0 radical (unpaired) electrons. The van der Waals surface area contributed by atoms with E-state index in [9.17, 15) is 14.0 Å². The molecule has 1 heterocycles. The quantitative estimate of drug-likeness (QED) is 0.707. The van der Waals surface area contributed by atoms with Gasteiger partial charge < -0.3 is 9.88 Å². The normalized spacial score (nSPS) is 14.8. The zero-order chi connectivity index (χ0) is 20.2. The van der Waals surface area contributed by atoms with Gasteiger partial charge in [-0.05, 0) is 42.7 Å². The Bertz CT molecular complexity index is 1060. The maximum absolute atomic E-state index is 13.3. The van der Waals surface area contributed by atoms with Crippen LogP contribution < -0.4 is 5.56 Å².